The largest absolute Gasteiger partial charge is 0.490 e. The van der Waals surface area contributed by atoms with Crippen molar-refractivity contribution in [1.82, 2.24) is 10.2 Å². The molecule has 0 aromatic heterocycles. The number of anilines is 1. The van der Waals surface area contributed by atoms with Crippen LogP contribution in [0.1, 0.15) is 63.2 Å². The summed E-state index contributed by atoms with van der Waals surface area (Å²) < 4.78 is 49.8. The predicted molar refractivity (Wildman–Crippen MR) is 135 cm³/mol. The average molecular weight is 532 g/mol. The first kappa shape index (κ1) is 30.9. The lowest BCUT2D eigenvalue weighted by Gasteiger charge is -2.34. The van der Waals surface area contributed by atoms with Crippen LogP contribution in [0.25, 0.3) is 0 Å². The third-order valence-electron chi connectivity index (χ3n) is 6.38. The number of halogens is 3. The van der Waals surface area contributed by atoms with E-state index in [9.17, 15) is 27.9 Å². The van der Waals surface area contributed by atoms with Crippen molar-refractivity contribution in [3.8, 4) is 5.75 Å². The fourth-order valence-corrected chi connectivity index (χ4v) is 4.17. The second-order valence-electron chi connectivity index (χ2n) is 9.73. The quantitative estimate of drug-likeness (QED) is 0.492. The van der Waals surface area contributed by atoms with Crippen LogP contribution < -0.4 is 15.4 Å². The van der Waals surface area contributed by atoms with Gasteiger partial charge in [-0.25, -0.2) is 0 Å². The number of hydrogen-bond acceptors (Lipinski definition) is 6. The molecule has 2 amide bonds. The molecule has 0 aliphatic carbocycles. The first-order valence-electron chi connectivity index (χ1n) is 12.8. The molecular formula is C26H40F3N3O5. The lowest BCUT2D eigenvalue weighted by Crippen LogP contribution is -2.47. The summed E-state index contributed by atoms with van der Waals surface area (Å²) in [7, 11) is 1.83. The Bertz CT molecular complexity index is 884. The SMILES string of the molecule is CNC[C@H]1OCCCC[C@H](C)Oc2ccc(NC(=O)CCC(F)(F)F)cc2C(=O)N([C@H](C)CO)C[C@@H]1C. The zero-order valence-electron chi connectivity index (χ0n) is 22.1. The van der Waals surface area contributed by atoms with Crippen molar-refractivity contribution in [1.29, 1.82) is 0 Å². The van der Waals surface area contributed by atoms with Crippen LogP contribution in [-0.2, 0) is 9.53 Å². The minimum absolute atomic E-state index is 0.0677. The number of likely N-dealkylation sites (N-methyl/N-ethyl adjacent to an activating group) is 1. The molecule has 3 N–H and O–H groups in total. The molecule has 0 unspecified atom stereocenters. The number of alkyl halides is 3. The Labute approximate surface area is 216 Å². The number of benzene rings is 1. The third kappa shape index (κ3) is 10.1. The summed E-state index contributed by atoms with van der Waals surface area (Å²) in [6, 6.07) is 3.96. The van der Waals surface area contributed by atoms with Gasteiger partial charge in [0.1, 0.15) is 5.75 Å². The van der Waals surface area contributed by atoms with Gasteiger partial charge in [0, 0.05) is 37.7 Å². The summed E-state index contributed by atoms with van der Waals surface area (Å²) in [4.78, 5) is 27.5. The molecule has 1 aromatic rings. The highest BCUT2D eigenvalue weighted by Crippen LogP contribution is 2.29. The Morgan fingerprint density at radius 3 is 2.65 bits per heavy atom. The molecule has 210 valence electrons. The van der Waals surface area contributed by atoms with Gasteiger partial charge in [-0.3, -0.25) is 9.59 Å². The molecular weight excluding hydrogens is 491 g/mol. The normalized spacial score (nSPS) is 23.0. The van der Waals surface area contributed by atoms with Crippen molar-refractivity contribution in [2.75, 3.05) is 38.7 Å². The predicted octanol–water partition coefficient (Wildman–Crippen LogP) is 3.98. The Balaban J connectivity index is 2.42. The van der Waals surface area contributed by atoms with Crippen molar-refractivity contribution in [2.24, 2.45) is 5.92 Å². The van der Waals surface area contributed by atoms with E-state index in [2.05, 4.69) is 10.6 Å². The molecule has 37 heavy (non-hydrogen) atoms. The number of nitrogens with one attached hydrogen (secondary N) is 2. The summed E-state index contributed by atoms with van der Waals surface area (Å²) in [5.41, 5.74) is 0.355. The highest BCUT2D eigenvalue weighted by Gasteiger charge is 2.30. The fourth-order valence-electron chi connectivity index (χ4n) is 4.17. The second kappa shape index (κ2) is 14.5. The van der Waals surface area contributed by atoms with Gasteiger partial charge < -0.3 is 30.1 Å². The first-order chi connectivity index (χ1) is 17.4. The maximum absolute atomic E-state index is 13.8. The van der Waals surface area contributed by atoms with Crippen LogP contribution in [0.5, 0.6) is 5.75 Å². The molecule has 1 aromatic carbocycles. The number of aliphatic hydroxyl groups is 1. The van der Waals surface area contributed by atoms with Crippen molar-refractivity contribution in [3.05, 3.63) is 23.8 Å². The van der Waals surface area contributed by atoms with Gasteiger partial charge in [-0.2, -0.15) is 13.2 Å². The van der Waals surface area contributed by atoms with Crippen molar-refractivity contribution < 1.29 is 37.3 Å². The lowest BCUT2D eigenvalue weighted by molar-refractivity contribution is -0.142. The van der Waals surface area contributed by atoms with Gasteiger partial charge in [0.2, 0.25) is 5.91 Å². The Morgan fingerprint density at radius 1 is 1.27 bits per heavy atom. The molecule has 1 aliphatic heterocycles. The third-order valence-corrected chi connectivity index (χ3v) is 6.38. The Kier molecular flexibility index (Phi) is 12.1. The molecule has 11 heteroatoms. The van der Waals surface area contributed by atoms with Gasteiger partial charge >= 0.3 is 6.18 Å². The van der Waals surface area contributed by atoms with E-state index in [1.807, 2.05) is 20.9 Å². The van der Waals surface area contributed by atoms with E-state index < -0.39 is 36.9 Å². The molecule has 0 saturated heterocycles. The Morgan fingerprint density at radius 2 is 2.00 bits per heavy atom. The summed E-state index contributed by atoms with van der Waals surface area (Å²) in [6.07, 6.45) is -4.31. The molecule has 0 radical (unpaired) electrons. The Hall–Kier alpha value is -2.37. The molecule has 8 nitrogen and oxygen atoms in total. The minimum Gasteiger partial charge on any atom is -0.490 e. The fraction of sp³-hybridized carbons (Fsp3) is 0.692. The van der Waals surface area contributed by atoms with Gasteiger partial charge in [-0.05, 0) is 58.4 Å². The minimum atomic E-state index is -4.44. The zero-order valence-corrected chi connectivity index (χ0v) is 22.1. The van der Waals surface area contributed by atoms with Crippen LogP contribution in [0.3, 0.4) is 0 Å². The van der Waals surface area contributed by atoms with Gasteiger partial charge in [-0.15, -0.1) is 0 Å². The maximum Gasteiger partial charge on any atom is 0.389 e. The monoisotopic (exact) mass is 531 g/mol. The molecule has 4 atom stereocenters. The molecule has 0 bridgehead atoms. The summed E-state index contributed by atoms with van der Waals surface area (Å²) in [5.74, 6) is -0.973. The smallest absolute Gasteiger partial charge is 0.389 e. The van der Waals surface area contributed by atoms with Crippen LogP contribution in [0.2, 0.25) is 0 Å². The van der Waals surface area contributed by atoms with E-state index in [1.54, 1.807) is 17.9 Å². The molecule has 0 spiro atoms. The second-order valence-corrected chi connectivity index (χ2v) is 9.73. The van der Waals surface area contributed by atoms with Gasteiger partial charge in [0.25, 0.3) is 5.91 Å². The molecule has 0 saturated carbocycles. The lowest BCUT2D eigenvalue weighted by atomic mass is 10.0. The average Bonchev–Trinajstić information content (AvgIpc) is 2.84. The van der Waals surface area contributed by atoms with E-state index >= 15 is 0 Å². The van der Waals surface area contributed by atoms with Crippen LogP contribution >= 0.6 is 0 Å². The summed E-state index contributed by atoms with van der Waals surface area (Å²) >= 11 is 0. The van der Waals surface area contributed by atoms with Crippen LogP contribution in [0.15, 0.2) is 18.2 Å². The highest BCUT2D eigenvalue weighted by molar-refractivity contribution is 5.99. The van der Waals surface area contributed by atoms with Crippen molar-refractivity contribution in [2.45, 2.75) is 77.3 Å². The number of carbonyl (C=O) groups is 2. The maximum atomic E-state index is 13.8. The number of hydrogen-bond donors (Lipinski definition) is 3. The first-order valence-corrected chi connectivity index (χ1v) is 12.8. The summed E-state index contributed by atoms with van der Waals surface area (Å²) in [5, 5.41) is 15.5. The standard InChI is InChI=1S/C26H40F3N3O5/c1-17-15-32(18(2)16-33)25(35)21-13-20(31-24(34)10-11-26(27,28)29)8-9-22(21)37-19(3)7-5-6-12-36-23(17)14-30-4/h8-9,13,17-19,23,30,33H,5-7,10-12,14-16H2,1-4H3,(H,31,34)/t17-,18+,19-,23+/m0/s1. The van der Waals surface area contributed by atoms with Gasteiger partial charge in [0.15, 0.2) is 0 Å². The van der Waals surface area contributed by atoms with Gasteiger partial charge in [0.05, 0.1) is 36.8 Å². The number of ether oxygens (including phenoxy) is 2. The number of rotatable bonds is 7. The number of nitrogens with zero attached hydrogens (tertiary/aromatic N) is 1. The number of fused-ring (bicyclic) bond motifs is 1. The molecule has 0 fully saturated rings. The van der Waals surface area contributed by atoms with Crippen LogP contribution in [0, 0.1) is 5.92 Å². The van der Waals surface area contributed by atoms with Crippen LogP contribution in [-0.4, -0.2) is 79.6 Å². The van der Waals surface area contributed by atoms with Gasteiger partial charge in [-0.1, -0.05) is 6.92 Å². The van der Waals surface area contributed by atoms with E-state index in [0.717, 1.165) is 19.3 Å². The molecule has 1 heterocycles. The highest BCUT2D eigenvalue weighted by atomic mass is 19.4. The molecule has 1 aliphatic rings. The van der Waals surface area contributed by atoms with E-state index in [4.69, 9.17) is 9.47 Å². The molecule has 2 rings (SSSR count). The topological polar surface area (TPSA) is 100 Å². The number of aliphatic hydroxyl groups excluding tert-OH is 1. The van der Waals surface area contributed by atoms with Crippen molar-refractivity contribution in [3.63, 3.8) is 0 Å². The van der Waals surface area contributed by atoms with E-state index in [0.29, 0.717) is 25.4 Å². The van der Waals surface area contributed by atoms with Crippen molar-refractivity contribution >= 4 is 17.5 Å². The van der Waals surface area contributed by atoms with E-state index in [1.165, 1.54) is 12.1 Å². The van der Waals surface area contributed by atoms with Crippen LogP contribution in [0.4, 0.5) is 18.9 Å². The van der Waals surface area contributed by atoms with E-state index in [-0.39, 0.29) is 36.0 Å². The summed E-state index contributed by atoms with van der Waals surface area (Å²) in [6.45, 7) is 6.82. The number of carbonyl (C=O) groups excluding carboxylic acids is 2. The zero-order chi connectivity index (χ0) is 27.6. The number of amides is 2.